The highest BCUT2D eigenvalue weighted by molar-refractivity contribution is 7.15. The first-order valence-electron chi connectivity index (χ1n) is 9.57. The van der Waals surface area contributed by atoms with Crippen molar-refractivity contribution < 1.29 is 19.0 Å². The van der Waals surface area contributed by atoms with Crippen molar-refractivity contribution in [2.24, 2.45) is 0 Å². The summed E-state index contributed by atoms with van der Waals surface area (Å²) in [5.41, 5.74) is 2.66. The normalized spacial score (nSPS) is 12.9. The van der Waals surface area contributed by atoms with Gasteiger partial charge in [-0.3, -0.25) is 10.1 Å². The second kappa shape index (κ2) is 8.11. The largest absolute Gasteiger partial charge is 0.497 e. The molecule has 3 heterocycles. The van der Waals surface area contributed by atoms with Crippen molar-refractivity contribution in [1.82, 2.24) is 14.6 Å². The number of thiazole rings is 1. The van der Waals surface area contributed by atoms with Gasteiger partial charge in [0, 0.05) is 17.0 Å². The number of benzene rings is 2. The molecule has 0 bridgehead atoms. The van der Waals surface area contributed by atoms with Gasteiger partial charge in [0.25, 0.3) is 11.9 Å². The molecule has 1 aliphatic rings. The molecule has 0 atom stereocenters. The summed E-state index contributed by atoms with van der Waals surface area (Å²) in [6, 6.07) is 13.2. The van der Waals surface area contributed by atoms with E-state index < -0.39 is 0 Å². The van der Waals surface area contributed by atoms with Gasteiger partial charge in [-0.05, 0) is 35.9 Å². The maximum atomic E-state index is 12.4. The van der Waals surface area contributed by atoms with Gasteiger partial charge in [0.1, 0.15) is 19.0 Å². The Morgan fingerprint density at radius 3 is 2.94 bits per heavy atom. The van der Waals surface area contributed by atoms with E-state index in [0.717, 1.165) is 22.6 Å². The van der Waals surface area contributed by atoms with Crippen LogP contribution in [0.2, 0.25) is 0 Å². The van der Waals surface area contributed by atoms with Gasteiger partial charge >= 0.3 is 0 Å². The maximum Gasteiger partial charge on any atom is 0.250 e. The summed E-state index contributed by atoms with van der Waals surface area (Å²) in [4.78, 5) is 17.4. The summed E-state index contributed by atoms with van der Waals surface area (Å²) in [6.45, 7) is 1.06. The molecule has 31 heavy (non-hydrogen) atoms. The molecule has 8 nitrogen and oxygen atoms in total. The van der Waals surface area contributed by atoms with E-state index in [9.17, 15) is 4.79 Å². The fourth-order valence-corrected chi connectivity index (χ4v) is 4.03. The van der Waals surface area contributed by atoms with Crippen LogP contribution in [-0.4, -0.2) is 40.8 Å². The molecule has 5 rings (SSSR count). The van der Waals surface area contributed by atoms with E-state index in [0.29, 0.717) is 29.7 Å². The average Bonchev–Trinajstić information content (AvgIpc) is 3.37. The lowest BCUT2D eigenvalue weighted by Crippen LogP contribution is -2.15. The number of nitrogens with zero attached hydrogens (tertiary/aromatic N) is 3. The molecule has 1 amide bonds. The first kappa shape index (κ1) is 19.1. The zero-order valence-electron chi connectivity index (χ0n) is 16.6. The highest BCUT2D eigenvalue weighted by Gasteiger charge is 2.14. The van der Waals surface area contributed by atoms with Crippen molar-refractivity contribution in [3.05, 3.63) is 59.5 Å². The van der Waals surface area contributed by atoms with E-state index in [4.69, 9.17) is 14.2 Å². The van der Waals surface area contributed by atoms with Gasteiger partial charge in [-0.15, -0.1) is 16.4 Å². The van der Waals surface area contributed by atoms with Gasteiger partial charge in [-0.25, -0.2) is 4.52 Å². The number of nitrogens with one attached hydrogen (secondary N) is 1. The van der Waals surface area contributed by atoms with Crippen LogP contribution in [0.15, 0.2) is 53.9 Å². The lowest BCUT2D eigenvalue weighted by molar-refractivity contribution is -0.111. The molecule has 0 spiro atoms. The first-order chi connectivity index (χ1) is 15.2. The molecule has 0 aliphatic carbocycles. The van der Waals surface area contributed by atoms with Crippen molar-refractivity contribution in [2.45, 2.75) is 0 Å². The average molecular weight is 434 g/mol. The smallest absolute Gasteiger partial charge is 0.250 e. The fraction of sp³-hybridized carbons (Fsp3) is 0.136. The summed E-state index contributed by atoms with van der Waals surface area (Å²) in [5.74, 6) is 2.07. The molecule has 156 valence electrons. The second-order valence-corrected chi connectivity index (χ2v) is 7.54. The van der Waals surface area contributed by atoms with Crippen molar-refractivity contribution in [3.8, 4) is 28.5 Å². The summed E-state index contributed by atoms with van der Waals surface area (Å²) in [6.07, 6.45) is 3.14. The molecule has 0 saturated carbocycles. The molecular weight excluding hydrogens is 416 g/mol. The Morgan fingerprint density at radius 2 is 2.06 bits per heavy atom. The second-order valence-electron chi connectivity index (χ2n) is 6.71. The van der Waals surface area contributed by atoms with Gasteiger partial charge in [0.15, 0.2) is 11.5 Å². The Balaban J connectivity index is 1.32. The van der Waals surface area contributed by atoms with Crippen LogP contribution in [-0.2, 0) is 4.79 Å². The zero-order chi connectivity index (χ0) is 21.2. The van der Waals surface area contributed by atoms with Crippen molar-refractivity contribution >= 4 is 34.2 Å². The lowest BCUT2D eigenvalue weighted by Gasteiger charge is -2.18. The van der Waals surface area contributed by atoms with Crippen LogP contribution in [0.1, 0.15) is 5.56 Å². The van der Waals surface area contributed by atoms with Gasteiger partial charge in [-0.2, -0.15) is 4.98 Å². The van der Waals surface area contributed by atoms with E-state index in [1.165, 1.54) is 17.4 Å². The fourth-order valence-electron chi connectivity index (χ4n) is 3.20. The third-order valence-electron chi connectivity index (χ3n) is 4.68. The van der Waals surface area contributed by atoms with Crippen LogP contribution in [0, 0.1) is 0 Å². The maximum absolute atomic E-state index is 12.4. The monoisotopic (exact) mass is 434 g/mol. The molecule has 0 fully saturated rings. The summed E-state index contributed by atoms with van der Waals surface area (Å²) in [5, 5.41) is 9.11. The number of ether oxygens (including phenoxy) is 3. The van der Waals surface area contributed by atoms with E-state index in [2.05, 4.69) is 15.4 Å². The number of aromatic nitrogens is 3. The van der Waals surface area contributed by atoms with Crippen molar-refractivity contribution in [3.63, 3.8) is 0 Å². The Morgan fingerprint density at radius 1 is 1.19 bits per heavy atom. The van der Waals surface area contributed by atoms with Gasteiger partial charge in [0.2, 0.25) is 4.96 Å². The first-order valence-corrected chi connectivity index (χ1v) is 10.4. The number of hydrogen-bond acceptors (Lipinski definition) is 7. The summed E-state index contributed by atoms with van der Waals surface area (Å²) in [7, 11) is 1.63. The number of methoxy groups -OCH3 is 1. The summed E-state index contributed by atoms with van der Waals surface area (Å²) < 4.78 is 18.1. The van der Waals surface area contributed by atoms with Crippen LogP contribution in [0.3, 0.4) is 0 Å². The number of fused-ring (bicyclic) bond motifs is 2. The highest BCUT2D eigenvalue weighted by Crippen LogP contribution is 2.31. The Bertz CT molecular complexity index is 1290. The molecule has 2 aromatic heterocycles. The topological polar surface area (TPSA) is 87.0 Å². The molecule has 1 aliphatic heterocycles. The van der Waals surface area contributed by atoms with Crippen molar-refractivity contribution in [1.29, 1.82) is 0 Å². The molecule has 1 N–H and O–H groups in total. The van der Waals surface area contributed by atoms with Crippen LogP contribution in [0.25, 0.3) is 22.3 Å². The Kier molecular flexibility index (Phi) is 5.01. The number of rotatable bonds is 5. The van der Waals surface area contributed by atoms with Gasteiger partial charge in [0.05, 0.1) is 12.8 Å². The Hall–Kier alpha value is -3.85. The number of hydrogen-bond donors (Lipinski definition) is 1. The number of carbonyl (C=O) groups is 1. The van der Waals surface area contributed by atoms with E-state index >= 15 is 0 Å². The van der Waals surface area contributed by atoms with Crippen LogP contribution in [0.4, 0.5) is 5.95 Å². The molecule has 2 aromatic carbocycles. The summed E-state index contributed by atoms with van der Waals surface area (Å²) >= 11 is 1.45. The highest BCUT2D eigenvalue weighted by atomic mass is 32.1. The minimum Gasteiger partial charge on any atom is -0.497 e. The predicted octanol–water partition coefficient (Wildman–Crippen LogP) is 3.89. The standard InChI is InChI=1S/C22H18N4O4S/c1-28-16-4-2-3-15(12-16)17-13-31-22-24-21(25-26(17)22)23-20(27)8-6-14-5-7-18-19(11-14)30-10-9-29-18/h2-8,11-13H,9-10H2,1H3,(H,23,25,27)/b8-6-. The van der Waals surface area contributed by atoms with E-state index in [-0.39, 0.29) is 11.9 Å². The third kappa shape index (κ3) is 3.95. The SMILES string of the molecule is COc1cccc(-c2csc3nc(NC(=O)/C=C\c4ccc5c(c4)OCCO5)nn23)c1. The number of amides is 1. The van der Waals surface area contributed by atoms with Crippen LogP contribution >= 0.6 is 11.3 Å². The lowest BCUT2D eigenvalue weighted by atomic mass is 10.2. The molecule has 4 aromatic rings. The predicted molar refractivity (Wildman–Crippen MR) is 118 cm³/mol. The molecule has 9 heteroatoms. The third-order valence-corrected chi connectivity index (χ3v) is 5.49. The zero-order valence-corrected chi connectivity index (χ0v) is 17.4. The molecular formula is C22H18N4O4S. The number of anilines is 1. The van der Waals surface area contributed by atoms with E-state index in [1.54, 1.807) is 17.7 Å². The van der Waals surface area contributed by atoms with Crippen molar-refractivity contribution in [2.75, 3.05) is 25.6 Å². The van der Waals surface area contributed by atoms with Crippen LogP contribution < -0.4 is 19.5 Å². The molecule has 0 saturated heterocycles. The van der Waals surface area contributed by atoms with Gasteiger partial charge in [-0.1, -0.05) is 18.2 Å². The van der Waals surface area contributed by atoms with Gasteiger partial charge < -0.3 is 14.2 Å². The molecule has 0 unspecified atom stereocenters. The Labute approximate surface area is 181 Å². The van der Waals surface area contributed by atoms with Crippen LogP contribution in [0.5, 0.6) is 17.2 Å². The van der Waals surface area contributed by atoms with E-state index in [1.807, 2.05) is 47.8 Å². The number of carbonyl (C=O) groups excluding carboxylic acids is 1. The minimum atomic E-state index is -0.323. The quantitative estimate of drug-likeness (QED) is 0.480. The minimum absolute atomic E-state index is 0.243. The molecule has 0 radical (unpaired) electrons.